The molecular formula is C12H24N2O. The molecule has 1 amide bonds. The summed E-state index contributed by atoms with van der Waals surface area (Å²) in [5.74, 6) is 0.180. The van der Waals surface area contributed by atoms with E-state index in [1.54, 1.807) is 0 Å². The van der Waals surface area contributed by atoms with E-state index >= 15 is 0 Å². The quantitative estimate of drug-likeness (QED) is 0.747. The van der Waals surface area contributed by atoms with Crippen molar-refractivity contribution in [3.05, 3.63) is 0 Å². The lowest BCUT2D eigenvalue weighted by atomic mass is 9.92. The first-order valence-corrected chi connectivity index (χ1v) is 6.00. The van der Waals surface area contributed by atoms with E-state index in [1.165, 1.54) is 12.8 Å². The molecule has 1 aliphatic rings. The van der Waals surface area contributed by atoms with Gasteiger partial charge in [-0.25, -0.2) is 0 Å². The second kappa shape index (κ2) is 5.50. The van der Waals surface area contributed by atoms with E-state index in [0.717, 1.165) is 25.9 Å². The Morgan fingerprint density at radius 2 is 2.13 bits per heavy atom. The standard InChI is InChI=1S/C12H24N2O/c1-12(2,3)7-9-14-11(15)10-6-4-5-8-13-10/h10,13H,4-9H2,1-3H3,(H,14,15)/t10-/m1/s1. The zero-order valence-corrected chi connectivity index (χ0v) is 10.2. The Morgan fingerprint density at radius 3 is 2.67 bits per heavy atom. The Labute approximate surface area is 93.0 Å². The van der Waals surface area contributed by atoms with Gasteiger partial charge >= 0.3 is 0 Å². The topological polar surface area (TPSA) is 41.1 Å². The highest BCUT2D eigenvalue weighted by Gasteiger charge is 2.20. The highest BCUT2D eigenvalue weighted by Crippen LogP contribution is 2.17. The van der Waals surface area contributed by atoms with Crippen molar-refractivity contribution < 1.29 is 4.79 Å². The van der Waals surface area contributed by atoms with Gasteiger partial charge < -0.3 is 10.6 Å². The normalized spacial score (nSPS) is 22.5. The van der Waals surface area contributed by atoms with Crippen LogP contribution in [0.5, 0.6) is 0 Å². The van der Waals surface area contributed by atoms with Crippen LogP contribution in [0.15, 0.2) is 0 Å². The summed E-state index contributed by atoms with van der Waals surface area (Å²) in [6, 6.07) is 0.0544. The first-order valence-electron chi connectivity index (χ1n) is 6.00. The second-order valence-corrected chi connectivity index (χ2v) is 5.60. The van der Waals surface area contributed by atoms with Crippen molar-refractivity contribution >= 4 is 5.91 Å². The number of carbonyl (C=O) groups excluding carboxylic acids is 1. The Morgan fingerprint density at radius 1 is 1.40 bits per heavy atom. The van der Waals surface area contributed by atoms with E-state index in [4.69, 9.17) is 0 Å². The fourth-order valence-electron chi connectivity index (χ4n) is 1.76. The van der Waals surface area contributed by atoms with Crippen molar-refractivity contribution in [3.8, 4) is 0 Å². The number of piperidine rings is 1. The average Bonchev–Trinajstić information content (AvgIpc) is 2.17. The van der Waals surface area contributed by atoms with Crippen molar-refractivity contribution in [1.29, 1.82) is 0 Å². The maximum Gasteiger partial charge on any atom is 0.237 e. The van der Waals surface area contributed by atoms with Crippen LogP contribution in [-0.2, 0) is 4.79 Å². The van der Waals surface area contributed by atoms with Crippen LogP contribution in [0.25, 0.3) is 0 Å². The molecule has 3 heteroatoms. The molecule has 0 aromatic carbocycles. The van der Waals surface area contributed by atoms with Crippen molar-refractivity contribution in [1.82, 2.24) is 10.6 Å². The van der Waals surface area contributed by atoms with E-state index in [9.17, 15) is 4.79 Å². The molecule has 1 atom stereocenters. The predicted octanol–water partition coefficient (Wildman–Crippen LogP) is 1.68. The number of amides is 1. The third kappa shape index (κ3) is 5.17. The Bertz CT molecular complexity index is 202. The third-order valence-electron chi connectivity index (χ3n) is 2.80. The average molecular weight is 212 g/mol. The van der Waals surface area contributed by atoms with E-state index in [-0.39, 0.29) is 11.9 Å². The van der Waals surface area contributed by atoms with Crippen LogP contribution in [0, 0.1) is 5.41 Å². The van der Waals surface area contributed by atoms with Crippen LogP contribution < -0.4 is 10.6 Å². The molecule has 0 aromatic heterocycles. The Hall–Kier alpha value is -0.570. The zero-order valence-electron chi connectivity index (χ0n) is 10.2. The lowest BCUT2D eigenvalue weighted by Crippen LogP contribution is -2.47. The van der Waals surface area contributed by atoms with Crippen LogP contribution in [0.1, 0.15) is 46.5 Å². The summed E-state index contributed by atoms with van der Waals surface area (Å²) in [7, 11) is 0. The molecule has 0 spiro atoms. The molecule has 1 heterocycles. The molecule has 0 bridgehead atoms. The third-order valence-corrected chi connectivity index (χ3v) is 2.80. The first-order chi connectivity index (χ1) is 6.99. The molecule has 3 nitrogen and oxygen atoms in total. The lowest BCUT2D eigenvalue weighted by Gasteiger charge is -2.24. The van der Waals surface area contributed by atoms with Gasteiger partial charge in [-0.05, 0) is 31.2 Å². The van der Waals surface area contributed by atoms with Crippen molar-refractivity contribution in [3.63, 3.8) is 0 Å². The molecule has 15 heavy (non-hydrogen) atoms. The van der Waals surface area contributed by atoms with Gasteiger partial charge in [-0.2, -0.15) is 0 Å². The monoisotopic (exact) mass is 212 g/mol. The fraction of sp³-hybridized carbons (Fsp3) is 0.917. The molecule has 88 valence electrons. The maximum atomic E-state index is 11.7. The van der Waals surface area contributed by atoms with Crippen molar-refractivity contribution in [2.45, 2.75) is 52.5 Å². The zero-order chi connectivity index (χ0) is 11.3. The molecule has 2 N–H and O–H groups in total. The Balaban J connectivity index is 2.17. The molecule has 0 aromatic rings. The van der Waals surface area contributed by atoms with Gasteiger partial charge in [0.1, 0.15) is 0 Å². The van der Waals surface area contributed by atoms with E-state index < -0.39 is 0 Å². The van der Waals surface area contributed by atoms with Crippen molar-refractivity contribution in [2.24, 2.45) is 5.41 Å². The van der Waals surface area contributed by atoms with Gasteiger partial charge in [0.2, 0.25) is 5.91 Å². The molecule has 1 fully saturated rings. The minimum atomic E-state index is 0.0544. The molecule has 0 saturated carbocycles. The van der Waals surface area contributed by atoms with Crippen LogP contribution in [0.3, 0.4) is 0 Å². The Kier molecular flexibility index (Phi) is 4.58. The van der Waals surface area contributed by atoms with Gasteiger partial charge in [0.25, 0.3) is 0 Å². The number of hydrogen-bond donors (Lipinski definition) is 2. The van der Waals surface area contributed by atoms with Gasteiger partial charge in [-0.1, -0.05) is 27.2 Å². The van der Waals surface area contributed by atoms with Gasteiger partial charge in [-0.15, -0.1) is 0 Å². The molecule has 0 radical (unpaired) electrons. The second-order valence-electron chi connectivity index (χ2n) is 5.60. The summed E-state index contributed by atoms with van der Waals surface area (Å²) >= 11 is 0. The summed E-state index contributed by atoms with van der Waals surface area (Å²) in [5.41, 5.74) is 0.299. The van der Waals surface area contributed by atoms with Crippen LogP contribution in [-0.4, -0.2) is 25.0 Å². The molecule has 1 aliphatic heterocycles. The molecular weight excluding hydrogens is 188 g/mol. The van der Waals surface area contributed by atoms with E-state index in [0.29, 0.717) is 5.41 Å². The number of carbonyl (C=O) groups is 1. The number of nitrogens with one attached hydrogen (secondary N) is 2. The molecule has 0 unspecified atom stereocenters. The summed E-state index contributed by atoms with van der Waals surface area (Å²) < 4.78 is 0. The largest absolute Gasteiger partial charge is 0.355 e. The highest BCUT2D eigenvalue weighted by molar-refractivity contribution is 5.81. The van der Waals surface area contributed by atoms with Gasteiger partial charge in [0.05, 0.1) is 6.04 Å². The number of rotatable bonds is 3. The van der Waals surface area contributed by atoms with Crippen LogP contribution >= 0.6 is 0 Å². The molecule has 0 aliphatic carbocycles. The maximum absolute atomic E-state index is 11.7. The fourth-order valence-corrected chi connectivity index (χ4v) is 1.76. The lowest BCUT2D eigenvalue weighted by molar-refractivity contribution is -0.123. The number of hydrogen-bond acceptors (Lipinski definition) is 2. The highest BCUT2D eigenvalue weighted by atomic mass is 16.2. The van der Waals surface area contributed by atoms with Gasteiger partial charge in [-0.3, -0.25) is 4.79 Å². The summed E-state index contributed by atoms with van der Waals surface area (Å²) in [4.78, 5) is 11.7. The smallest absolute Gasteiger partial charge is 0.237 e. The van der Waals surface area contributed by atoms with Crippen molar-refractivity contribution in [2.75, 3.05) is 13.1 Å². The predicted molar refractivity (Wildman–Crippen MR) is 62.7 cm³/mol. The molecule has 1 saturated heterocycles. The minimum Gasteiger partial charge on any atom is -0.355 e. The summed E-state index contributed by atoms with van der Waals surface area (Å²) in [5, 5.41) is 6.26. The SMILES string of the molecule is CC(C)(C)CCNC(=O)[C@H]1CCCCN1. The van der Waals surface area contributed by atoms with Gasteiger partial charge in [0.15, 0.2) is 0 Å². The van der Waals surface area contributed by atoms with E-state index in [1.807, 2.05) is 0 Å². The van der Waals surface area contributed by atoms with Crippen LogP contribution in [0.2, 0.25) is 0 Å². The summed E-state index contributed by atoms with van der Waals surface area (Å²) in [6.07, 6.45) is 4.39. The minimum absolute atomic E-state index is 0.0544. The van der Waals surface area contributed by atoms with Crippen LogP contribution in [0.4, 0.5) is 0 Å². The first kappa shape index (κ1) is 12.5. The van der Waals surface area contributed by atoms with E-state index in [2.05, 4.69) is 31.4 Å². The molecule has 1 rings (SSSR count). The summed E-state index contributed by atoms with van der Waals surface area (Å²) in [6.45, 7) is 8.35. The van der Waals surface area contributed by atoms with Gasteiger partial charge in [0, 0.05) is 6.54 Å².